The standard InChI is InChI=1S/C20H18N2/c1-16(19-13-8-14-21-15-19)22-20(17-9-4-2-5-10-17)18-11-6-3-7-12-18/h2-16H,1H3. The summed E-state index contributed by atoms with van der Waals surface area (Å²) < 4.78 is 0. The molecule has 2 nitrogen and oxygen atoms in total. The van der Waals surface area contributed by atoms with Gasteiger partial charge in [0.05, 0.1) is 11.8 Å². The highest BCUT2D eigenvalue weighted by Crippen LogP contribution is 2.19. The molecular weight excluding hydrogens is 268 g/mol. The molecule has 1 heterocycles. The maximum Gasteiger partial charge on any atom is 0.0743 e. The number of hydrogen-bond acceptors (Lipinski definition) is 2. The number of hydrogen-bond donors (Lipinski definition) is 0. The first-order valence-electron chi connectivity index (χ1n) is 7.43. The molecule has 3 aromatic rings. The average molecular weight is 286 g/mol. The van der Waals surface area contributed by atoms with Crippen molar-refractivity contribution in [3.05, 3.63) is 102 Å². The van der Waals surface area contributed by atoms with E-state index in [0.717, 1.165) is 22.4 Å². The molecule has 22 heavy (non-hydrogen) atoms. The van der Waals surface area contributed by atoms with E-state index >= 15 is 0 Å². The van der Waals surface area contributed by atoms with Gasteiger partial charge in [-0.05, 0) is 18.6 Å². The molecule has 0 aliphatic rings. The van der Waals surface area contributed by atoms with Crippen molar-refractivity contribution in [3.8, 4) is 0 Å². The van der Waals surface area contributed by atoms with E-state index in [1.807, 2.05) is 48.7 Å². The van der Waals surface area contributed by atoms with Crippen LogP contribution in [0.5, 0.6) is 0 Å². The van der Waals surface area contributed by atoms with Crippen LogP contribution in [0.15, 0.2) is 90.2 Å². The Morgan fingerprint density at radius 3 is 1.91 bits per heavy atom. The summed E-state index contributed by atoms with van der Waals surface area (Å²) in [6.07, 6.45) is 3.66. The zero-order chi connectivity index (χ0) is 15.2. The second-order valence-corrected chi connectivity index (χ2v) is 5.17. The van der Waals surface area contributed by atoms with E-state index in [-0.39, 0.29) is 6.04 Å². The molecule has 0 spiro atoms. The topological polar surface area (TPSA) is 25.2 Å². The molecule has 0 aliphatic carbocycles. The monoisotopic (exact) mass is 286 g/mol. The van der Waals surface area contributed by atoms with Crippen LogP contribution in [-0.2, 0) is 0 Å². The Kier molecular flexibility index (Phi) is 4.40. The lowest BCUT2D eigenvalue weighted by Gasteiger charge is -2.12. The number of benzene rings is 2. The maximum atomic E-state index is 4.96. The van der Waals surface area contributed by atoms with Gasteiger partial charge in [-0.3, -0.25) is 9.98 Å². The van der Waals surface area contributed by atoms with E-state index in [2.05, 4.69) is 42.2 Å². The fraction of sp³-hybridized carbons (Fsp3) is 0.100. The fourth-order valence-corrected chi connectivity index (χ4v) is 2.40. The van der Waals surface area contributed by atoms with E-state index in [4.69, 9.17) is 4.99 Å². The van der Waals surface area contributed by atoms with Crippen molar-refractivity contribution >= 4 is 5.71 Å². The summed E-state index contributed by atoms with van der Waals surface area (Å²) >= 11 is 0. The number of pyridine rings is 1. The molecule has 1 aromatic heterocycles. The maximum absolute atomic E-state index is 4.96. The molecule has 1 unspecified atom stereocenters. The molecule has 2 heteroatoms. The van der Waals surface area contributed by atoms with Gasteiger partial charge in [0.2, 0.25) is 0 Å². The SMILES string of the molecule is CC(N=C(c1ccccc1)c1ccccc1)c1cccnc1. The smallest absolute Gasteiger partial charge is 0.0743 e. The molecule has 0 saturated heterocycles. The first-order chi connectivity index (χ1) is 10.8. The minimum atomic E-state index is 0.0594. The Labute approximate surface area is 131 Å². The van der Waals surface area contributed by atoms with Crippen LogP contribution in [0.25, 0.3) is 0 Å². The third-order valence-electron chi connectivity index (χ3n) is 3.58. The van der Waals surface area contributed by atoms with E-state index in [1.165, 1.54) is 0 Å². The Hall–Kier alpha value is -2.74. The lowest BCUT2D eigenvalue weighted by atomic mass is 10.0. The number of nitrogens with zero attached hydrogens (tertiary/aromatic N) is 2. The number of rotatable bonds is 4. The number of aliphatic imine (C=N–C) groups is 1. The molecule has 2 aromatic carbocycles. The van der Waals surface area contributed by atoms with Gasteiger partial charge in [-0.25, -0.2) is 0 Å². The fourth-order valence-electron chi connectivity index (χ4n) is 2.40. The molecular formula is C20H18N2. The Morgan fingerprint density at radius 2 is 1.41 bits per heavy atom. The van der Waals surface area contributed by atoms with E-state index < -0.39 is 0 Å². The summed E-state index contributed by atoms with van der Waals surface area (Å²) in [5.74, 6) is 0. The minimum absolute atomic E-state index is 0.0594. The van der Waals surface area contributed by atoms with E-state index in [1.54, 1.807) is 6.20 Å². The largest absolute Gasteiger partial charge is 0.276 e. The zero-order valence-electron chi connectivity index (χ0n) is 12.6. The Morgan fingerprint density at radius 1 is 0.818 bits per heavy atom. The summed E-state index contributed by atoms with van der Waals surface area (Å²) in [4.78, 5) is 9.15. The Balaban J connectivity index is 2.04. The first-order valence-corrected chi connectivity index (χ1v) is 7.43. The van der Waals surface area contributed by atoms with Crippen LogP contribution in [0.2, 0.25) is 0 Å². The molecule has 0 saturated carbocycles. The highest BCUT2D eigenvalue weighted by atomic mass is 14.8. The molecule has 108 valence electrons. The molecule has 0 radical (unpaired) electrons. The molecule has 0 bridgehead atoms. The van der Waals surface area contributed by atoms with Gasteiger partial charge < -0.3 is 0 Å². The highest BCUT2D eigenvalue weighted by Gasteiger charge is 2.10. The second kappa shape index (κ2) is 6.81. The van der Waals surface area contributed by atoms with E-state index in [0.29, 0.717) is 0 Å². The van der Waals surface area contributed by atoms with Crippen molar-refractivity contribution in [1.29, 1.82) is 0 Å². The van der Waals surface area contributed by atoms with Crippen LogP contribution in [0.1, 0.15) is 29.7 Å². The molecule has 1 atom stereocenters. The molecule has 0 amide bonds. The molecule has 0 fully saturated rings. The predicted molar refractivity (Wildman–Crippen MR) is 91.2 cm³/mol. The summed E-state index contributed by atoms with van der Waals surface area (Å²) in [5.41, 5.74) is 4.39. The molecule has 3 rings (SSSR count). The van der Waals surface area contributed by atoms with Crippen molar-refractivity contribution in [3.63, 3.8) is 0 Å². The average Bonchev–Trinajstić information content (AvgIpc) is 2.62. The summed E-state index contributed by atoms with van der Waals surface area (Å²) in [6, 6.07) is 24.7. The van der Waals surface area contributed by atoms with Gasteiger partial charge in [-0.2, -0.15) is 0 Å². The van der Waals surface area contributed by atoms with Crippen LogP contribution in [0.4, 0.5) is 0 Å². The quantitative estimate of drug-likeness (QED) is 0.639. The van der Waals surface area contributed by atoms with Gasteiger partial charge >= 0.3 is 0 Å². The minimum Gasteiger partial charge on any atom is -0.276 e. The van der Waals surface area contributed by atoms with Crippen molar-refractivity contribution < 1.29 is 0 Å². The summed E-state index contributed by atoms with van der Waals surface area (Å²) in [5, 5.41) is 0. The first kappa shape index (κ1) is 14.2. The van der Waals surface area contributed by atoms with Crippen molar-refractivity contribution in [2.75, 3.05) is 0 Å². The Bertz CT molecular complexity index is 693. The van der Waals surface area contributed by atoms with Gasteiger partial charge in [0.25, 0.3) is 0 Å². The van der Waals surface area contributed by atoms with Crippen LogP contribution >= 0.6 is 0 Å². The zero-order valence-corrected chi connectivity index (χ0v) is 12.6. The third-order valence-corrected chi connectivity index (χ3v) is 3.58. The normalized spacial score (nSPS) is 11.7. The predicted octanol–water partition coefficient (Wildman–Crippen LogP) is 4.68. The molecule has 0 N–H and O–H groups in total. The van der Waals surface area contributed by atoms with Gasteiger partial charge in [-0.15, -0.1) is 0 Å². The number of aromatic nitrogens is 1. The highest BCUT2D eigenvalue weighted by molar-refractivity contribution is 6.12. The lowest BCUT2D eigenvalue weighted by molar-refractivity contribution is 0.814. The van der Waals surface area contributed by atoms with Gasteiger partial charge in [0.15, 0.2) is 0 Å². The summed E-state index contributed by atoms with van der Waals surface area (Å²) in [7, 11) is 0. The summed E-state index contributed by atoms with van der Waals surface area (Å²) in [6.45, 7) is 2.10. The van der Waals surface area contributed by atoms with Crippen molar-refractivity contribution in [1.82, 2.24) is 4.98 Å². The van der Waals surface area contributed by atoms with Gasteiger partial charge in [-0.1, -0.05) is 66.7 Å². The van der Waals surface area contributed by atoms with Crippen LogP contribution in [-0.4, -0.2) is 10.7 Å². The van der Waals surface area contributed by atoms with Gasteiger partial charge in [0, 0.05) is 23.5 Å². The van der Waals surface area contributed by atoms with Crippen molar-refractivity contribution in [2.24, 2.45) is 4.99 Å². The third kappa shape index (κ3) is 3.29. The van der Waals surface area contributed by atoms with E-state index in [9.17, 15) is 0 Å². The molecule has 0 aliphatic heterocycles. The second-order valence-electron chi connectivity index (χ2n) is 5.17. The van der Waals surface area contributed by atoms with Crippen LogP contribution in [0, 0.1) is 0 Å². The van der Waals surface area contributed by atoms with Crippen LogP contribution < -0.4 is 0 Å². The lowest BCUT2D eigenvalue weighted by Crippen LogP contribution is -2.05. The van der Waals surface area contributed by atoms with Crippen molar-refractivity contribution in [2.45, 2.75) is 13.0 Å². The van der Waals surface area contributed by atoms with Crippen LogP contribution in [0.3, 0.4) is 0 Å². The van der Waals surface area contributed by atoms with Gasteiger partial charge in [0.1, 0.15) is 0 Å².